The van der Waals surface area contributed by atoms with Crippen LogP contribution in [0.2, 0.25) is 0 Å². The van der Waals surface area contributed by atoms with E-state index in [2.05, 4.69) is 14.2 Å². The number of Topliss-reactive ketones (excluding diaryl/α,β-unsaturated/α-hetero) is 3. The van der Waals surface area contributed by atoms with Crippen LogP contribution >= 0.6 is 0 Å². The van der Waals surface area contributed by atoms with Gasteiger partial charge in [0, 0.05) is 0 Å². The SMILES string of the molecule is CC(C)[O][Ti].COC(=O)CC(C)=O.COC(=O)CC(C)=O.COC(=O)CC(C)=O. The van der Waals surface area contributed by atoms with Gasteiger partial charge in [0.2, 0.25) is 0 Å². The normalized spacial score (nSPS) is 8.41. The summed E-state index contributed by atoms with van der Waals surface area (Å²) >= 11 is 1.70. The average Bonchev–Trinajstić information content (AvgIpc) is 2.61. The Morgan fingerprint density at radius 3 is 0.828 bits per heavy atom. The third-order valence-corrected chi connectivity index (χ3v) is 2.83. The van der Waals surface area contributed by atoms with Crippen LogP contribution in [0, 0.1) is 0 Å². The monoisotopic (exact) mass is 455 g/mol. The number of carbonyl (C=O) groups excluding carboxylic acids is 6. The van der Waals surface area contributed by atoms with Gasteiger partial charge in [0.05, 0.1) is 21.3 Å². The molecule has 0 radical (unpaired) electrons. The Bertz CT molecular complexity index is 448. The molecule has 0 fully saturated rings. The number of esters is 3. The van der Waals surface area contributed by atoms with Crippen LogP contribution in [0.5, 0.6) is 0 Å². The maximum absolute atomic E-state index is 10.2. The number of rotatable bonds is 7. The first-order valence-electron chi connectivity index (χ1n) is 8.28. The van der Waals surface area contributed by atoms with E-state index in [4.69, 9.17) is 3.32 Å². The summed E-state index contributed by atoms with van der Waals surface area (Å²) in [4.78, 5) is 60.9. The molecular weight excluding hydrogens is 424 g/mol. The predicted octanol–water partition coefficient (Wildman–Crippen LogP) is 1.29. The van der Waals surface area contributed by atoms with E-state index < -0.39 is 17.9 Å². The second-order valence-electron chi connectivity index (χ2n) is 5.53. The van der Waals surface area contributed by atoms with Crippen LogP contribution < -0.4 is 0 Å². The summed E-state index contributed by atoms with van der Waals surface area (Å²) in [5.74, 6) is -1.93. The summed E-state index contributed by atoms with van der Waals surface area (Å²) in [6, 6.07) is 0. The van der Waals surface area contributed by atoms with Gasteiger partial charge in [-0.1, -0.05) is 0 Å². The second-order valence-corrected chi connectivity index (χ2v) is 5.90. The zero-order valence-corrected chi connectivity index (χ0v) is 19.8. The summed E-state index contributed by atoms with van der Waals surface area (Å²) in [6.45, 7) is 8.03. The largest absolute Gasteiger partial charge is 0.469 e. The molecule has 10 nitrogen and oxygen atoms in total. The maximum atomic E-state index is 10.2. The van der Waals surface area contributed by atoms with Crippen molar-refractivity contribution in [1.82, 2.24) is 0 Å². The van der Waals surface area contributed by atoms with Crippen molar-refractivity contribution in [3.8, 4) is 0 Å². The molecule has 0 bridgehead atoms. The Balaban J connectivity index is -0.000000146. The van der Waals surface area contributed by atoms with Gasteiger partial charge in [0.1, 0.15) is 36.6 Å². The minimum absolute atomic E-state index is 0.115. The molecule has 0 spiro atoms. The van der Waals surface area contributed by atoms with Crippen LogP contribution in [0.3, 0.4) is 0 Å². The fraction of sp³-hybridized carbons (Fsp3) is 0.667. The van der Waals surface area contributed by atoms with E-state index in [1.165, 1.54) is 42.1 Å². The fourth-order valence-corrected chi connectivity index (χ4v) is 0.826. The van der Waals surface area contributed by atoms with Crippen molar-refractivity contribution in [3.63, 3.8) is 0 Å². The van der Waals surface area contributed by atoms with Gasteiger partial charge in [-0.05, 0) is 20.8 Å². The van der Waals surface area contributed by atoms with E-state index in [1.54, 1.807) is 20.8 Å². The molecule has 0 aromatic carbocycles. The zero-order valence-electron chi connectivity index (χ0n) is 18.3. The number of hydrogen-bond donors (Lipinski definition) is 0. The van der Waals surface area contributed by atoms with E-state index in [0.29, 0.717) is 6.10 Å². The summed E-state index contributed by atoms with van der Waals surface area (Å²) < 4.78 is 17.4. The Morgan fingerprint density at radius 2 is 0.793 bits per heavy atom. The smallest absolute Gasteiger partial charge is 0.313 e. The Kier molecular flexibility index (Phi) is 28.8. The fourth-order valence-electron chi connectivity index (χ4n) is 0.826. The first-order valence-corrected chi connectivity index (χ1v) is 8.92. The Hall–Kier alpha value is -1.91. The van der Waals surface area contributed by atoms with E-state index in [-0.39, 0.29) is 36.6 Å². The molecule has 0 aromatic rings. The molecule has 0 amide bonds. The first-order chi connectivity index (χ1) is 13.3. The van der Waals surface area contributed by atoms with Crippen molar-refractivity contribution < 1.29 is 67.1 Å². The van der Waals surface area contributed by atoms with Gasteiger partial charge in [0.15, 0.2) is 0 Å². The Labute approximate surface area is 183 Å². The molecule has 0 rings (SSSR count). The summed E-state index contributed by atoms with van der Waals surface area (Å²) in [6.07, 6.45) is 0.0405. The van der Waals surface area contributed by atoms with Crippen molar-refractivity contribution in [2.45, 2.75) is 60.0 Å². The quantitative estimate of drug-likeness (QED) is 0.239. The molecule has 0 saturated carbocycles. The van der Waals surface area contributed by atoms with Crippen molar-refractivity contribution in [3.05, 3.63) is 0 Å². The number of ether oxygens (including phenoxy) is 3. The average molecular weight is 455 g/mol. The van der Waals surface area contributed by atoms with Gasteiger partial charge in [-0.3, -0.25) is 28.8 Å². The van der Waals surface area contributed by atoms with Gasteiger partial charge in [0.25, 0.3) is 0 Å². The van der Waals surface area contributed by atoms with Crippen molar-refractivity contribution in [2.75, 3.05) is 21.3 Å². The van der Waals surface area contributed by atoms with Gasteiger partial charge < -0.3 is 14.2 Å². The predicted molar refractivity (Wildman–Crippen MR) is 98.2 cm³/mol. The van der Waals surface area contributed by atoms with E-state index in [0.717, 1.165) is 0 Å². The van der Waals surface area contributed by atoms with E-state index in [9.17, 15) is 28.8 Å². The minimum Gasteiger partial charge on any atom is -0.469 e. The molecule has 0 aliphatic carbocycles. The molecule has 0 unspecified atom stereocenters. The van der Waals surface area contributed by atoms with Crippen molar-refractivity contribution >= 4 is 35.3 Å². The summed E-state index contributed by atoms with van der Waals surface area (Å²) in [5.41, 5.74) is 0. The van der Waals surface area contributed by atoms with Crippen molar-refractivity contribution in [2.24, 2.45) is 0 Å². The van der Waals surface area contributed by atoms with E-state index >= 15 is 0 Å². The molecule has 0 aliphatic rings. The van der Waals surface area contributed by atoms with Gasteiger partial charge in [-0.15, -0.1) is 0 Å². The standard InChI is InChI=1S/3C5H8O3.C3H7O.Ti/c3*1-4(6)3-5(7)8-2;1-3(2)4;/h3*3H2,1-2H3;3H,1-2H3;/q;;;-1;+1. The van der Waals surface area contributed by atoms with Crippen LogP contribution in [-0.2, 0) is 67.1 Å². The van der Waals surface area contributed by atoms with Gasteiger partial charge in [-0.25, -0.2) is 0 Å². The molecule has 0 heterocycles. The number of ketones is 3. The Morgan fingerprint density at radius 1 is 0.621 bits per heavy atom. The number of carbonyl (C=O) groups is 6. The minimum atomic E-state index is -0.475. The second kappa shape index (κ2) is 24.1. The molecule has 0 saturated heterocycles. The molecular formula is C18H31O10Ti. The van der Waals surface area contributed by atoms with Crippen molar-refractivity contribution in [1.29, 1.82) is 0 Å². The topological polar surface area (TPSA) is 139 Å². The first kappa shape index (κ1) is 34.6. The molecule has 0 aromatic heterocycles. The zero-order chi connectivity index (χ0) is 24.0. The molecule has 0 aliphatic heterocycles. The van der Waals surface area contributed by atoms with Crippen LogP contribution in [0.15, 0.2) is 0 Å². The van der Waals surface area contributed by atoms with Crippen LogP contribution in [-0.4, -0.2) is 62.7 Å². The molecule has 167 valence electrons. The molecule has 0 N–H and O–H groups in total. The molecule has 11 heteroatoms. The van der Waals surface area contributed by atoms with Gasteiger partial charge >= 0.3 is 62.0 Å². The number of hydrogen-bond acceptors (Lipinski definition) is 10. The van der Waals surface area contributed by atoms with Gasteiger partial charge in [-0.2, -0.15) is 0 Å². The van der Waals surface area contributed by atoms with E-state index in [1.807, 2.05) is 13.8 Å². The number of methoxy groups -OCH3 is 3. The summed E-state index contributed by atoms with van der Waals surface area (Å²) in [7, 11) is 3.77. The van der Waals surface area contributed by atoms with Crippen LogP contribution in [0.25, 0.3) is 0 Å². The third kappa shape index (κ3) is 46.3. The van der Waals surface area contributed by atoms with Crippen LogP contribution in [0.4, 0.5) is 0 Å². The van der Waals surface area contributed by atoms with Crippen LogP contribution in [0.1, 0.15) is 53.9 Å². The summed E-state index contributed by atoms with van der Waals surface area (Å²) in [5, 5.41) is 0. The third-order valence-electron chi connectivity index (χ3n) is 2.10. The molecule has 0 atom stereocenters. The molecule has 29 heavy (non-hydrogen) atoms. The maximum Gasteiger partial charge on any atom is 0.313 e.